The molecule has 10 heavy (non-hydrogen) atoms. The monoisotopic (exact) mass is 155 g/mol. The molecule has 0 bridgehead atoms. The summed E-state index contributed by atoms with van der Waals surface area (Å²) < 4.78 is 33.6. The Morgan fingerprint density at radius 1 is 1.40 bits per heavy atom. The average Bonchev–Trinajstić information content (AvgIpc) is 1.80. The van der Waals surface area contributed by atoms with Gasteiger partial charge in [0.1, 0.15) is 0 Å². The van der Waals surface area contributed by atoms with E-state index in [1.54, 1.807) is 0 Å². The number of nitrogens with one attached hydrogen (secondary N) is 2. The van der Waals surface area contributed by atoms with E-state index < -0.39 is 12.1 Å². The Labute approximate surface area is 53.4 Å². The highest BCUT2D eigenvalue weighted by Gasteiger charge is 2.38. The minimum atomic E-state index is -4.98. The van der Waals surface area contributed by atoms with Gasteiger partial charge in [0.15, 0.2) is 0 Å². The zero-order valence-electron chi connectivity index (χ0n) is 4.45. The maximum atomic E-state index is 11.2. The molecule has 4 nitrogen and oxygen atoms in total. The van der Waals surface area contributed by atoms with E-state index in [0.29, 0.717) is 0 Å². The molecule has 0 heterocycles. The van der Waals surface area contributed by atoms with Gasteiger partial charge in [-0.3, -0.25) is 20.4 Å². The molecule has 0 spiro atoms. The summed E-state index contributed by atoms with van der Waals surface area (Å²) >= 11 is 0. The molecule has 57 valence electrons. The third-order valence-corrected chi connectivity index (χ3v) is 0.485. The zero-order valence-corrected chi connectivity index (χ0v) is 4.45. The van der Waals surface area contributed by atoms with E-state index >= 15 is 0 Å². The number of hydrazine groups is 1. The Bertz CT molecular complexity index is 143. The number of hydrogen-bond donors (Lipinski definition) is 2. The van der Waals surface area contributed by atoms with Crippen molar-refractivity contribution in [2.75, 3.05) is 0 Å². The van der Waals surface area contributed by atoms with Crippen LogP contribution in [0.25, 0.3) is 0 Å². The molecule has 0 saturated heterocycles. The van der Waals surface area contributed by atoms with Gasteiger partial charge in [0.25, 0.3) is 0 Å². The highest BCUT2D eigenvalue weighted by molar-refractivity contribution is 5.82. The van der Waals surface area contributed by atoms with Crippen LogP contribution in [0, 0.1) is 0 Å². The van der Waals surface area contributed by atoms with Crippen molar-refractivity contribution in [1.29, 1.82) is 0 Å². The number of carbonyl (C=O) groups is 1. The largest absolute Gasteiger partial charge is 0.472 e. The SMILES string of the molecule is O=[C]NNC(=O)C(F)(F)F. The van der Waals surface area contributed by atoms with Crippen LogP contribution in [0.3, 0.4) is 0 Å². The van der Waals surface area contributed by atoms with Crippen LogP contribution in [-0.2, 0) is 9.59 Å². The molecule has 0 aromatic carbocycles. The van der Waals surface area contributed by atoms with Gasteiger partial charge in [-0.25, -0.2) is 0 Å². The minimum absolute atomic E-state index is 0.839. The quantitative estimate of drug-likeness (QED) is 0.406. The van der Waals surface area contributed by atoms with Crippen molar-refractivity contribution in [3.63, 3.8) is 0 Å². The van der Waals surface area contributed by atoms with Gasteiger partial charge in [-0.15, -0.1) is 0 Å². The molecular weight excluding hydrogens is 153 g/mol. The smallest absolute Gasteiger partial charge is 0.263 e. The van der Waals surface area contributed by atoms with Crippen LogP contribution in [0.1, 0.15) is 0 Å². The van der Waals surface area contributed by atoms with Gasteiger partial charge in [0.2, 0.25) is 0 Å². The van der Waals surface area contributed by atoms with Gasteiger partial charge >= 0.3 is 18.5 Å². The summed E-state index contributed by atoms with van der Waals surface area (Å²) in [6, 6.07) is 0. The normalized spacial score (nSPS) is 10.3. The topological polar surface area (TPSA) is 58.2 Å². The third kappa shape index (κ3) is 2.90. The summed E-state index contributed by atoms with van der Waals surface area (Å²) in [5, 5.41) is 0. The number of halogens is 3. The molecular formula is C3H2F3N2O2. The van der Waals surface area contributed by atoms with Crippen molar-refractivity contribution < 1.29 is 22.8 Å². The molecule has 0 aliphatic carbocycles. The summed E-state index contributed by atoms with van der Waals surface area (Å²) in [6.45, 7) is 0. The van der Waals surface area contributed by atoms with Crippen LogP contribution in [0.5, 0.6) is 0 Å². The van der Waals surface area contributed by atoms with E-state index in [2.05, 4.69) is 0 Å². The molecule has 0 aliphatic heterocycles. The van der Waals surface area contributed by atoms with Crippen LogP contribution in [-0.4, -0.2) is 18.5 Å². The van der Waals surface area contributed by atoms with Crippen molar-refractivity contribution in [3.05, 3.63) is 0 Å². The molecule has 7 heteroatoms. The number of hydrogen-bond acceptors (Lipinski definition) is 2. The maximum Gasteiger partial charge on any atom is 0.472 e. The molecule has 0 rings (SSSR count). The molecule has 2 N–H and O–H groups in total. The first kappa shape index (κ1) is 8.73. The Balaban J connectivity index is 3.74. The summed E-state index contributed by atoms with van der Waals surface area (Å²) in [4.78, 5) is 19.0. The fourth-order valence-corrected chi connectivity index (χ4v) is 0.153. The van der Waals surface area contributed by atoms with Crippen LogP contribution in [0.15, 0.2) is 0 Å². The highest BCUT2D eigenvalue weighted by atomic mass is 19.4. The van der Waals surface area contributed by atoms with Crippen LogP contribution in [0.2, 0.25) is 0 Å². The first-order valence-corrected chi connectivity index (χ1v) is 1.98. The minimum Gasteiger partial charge on any atom is -0.263 e. The van der Waals surface area contributed by atoms with Crippen LogP contribution < -0.4 is 10.9 Å². The van der Waals surface area contributed by atoms with Gasteiger partial charge in [-0.05, 0) is 0 Å². The molecule has 0 saturated carbocycles. The Hall–Kier alpha value is -1.27. The number of carbonyl (C=O) groups excluding carboxylic acids is 2. The van der Waals surface area contributed by atoms with Crippen molar-refractivity contribution >= 4 is 12.3 Å². The molecule has 0 unspecified atom stereocenters. The fraction of sp³-hybridized carbons (Fsp3) is 0.333. The van der Waals surface area contributed by atoms with Crippen molar-refractivity contribution in [1.82, 2.24) is 10.9 Å². The fourth-order valence-electron chi connectivity index (χ4n) is 0.153. The molecule has 0 aliphatic rings. The first-order chi connectivity index (χ1) is 4.48. The molecule has 0 fully saturated rings. The number of alkyl halides is 3. The molecule has 0 aromatic heterocycles. The standard InChI is InChI=1S/C3H2F3N2O2/c4-3(5,6)2(10)8-7-1-9/h(H,7,9)(H,8,10). The maximum absolute atomic E-state index is 11.2. The Morgan fingerprint density at radius 2 is 1.90 bits per heavy atom. The number of rotatable bonds is 2. The average molecular weight is 155 g/mol. The van der Waals surface area contributed by atoms with E-state index in [9.17, 15) is 22.8 Å². The predicted octanol–water partition coefficient (Wildman–Crippen LogP) is -0.763. The van der Waals surface area contributed by atoms with E-state index in [1.807, 2.05) is 0 Å². The number of amides is 2. The van der Waals surface area contributed by atoms with E-state index in [1.165, 1.54) is 5.43 Å². The zero-order chi connectivity index (χ0) is 8.20. The Kier molecular flexibility index (Phi) is 2.65. The lowest BCUT2D eigenvalue weighted by Gasteiger charge is -2.03. The van der Waals surface area contributed by atoms with Gasteiger partial charge < -0.3 is 0 Å². The molecule has 0 aromatic rings. The van der Waals surface area contributed by atoms with Gasteiger partial charge in [0, 0.05) is 0 Å². The van der Waals surface area contributed by atoms with E-state index in [4.69, 9.17) is 0 Å². The summed E-state index contributed by atoms with van der Waals surface area (Å²) in [7, 11) is 0. The molecule has 2 amide bonds. The predicted molar refractivity (Wildman–Crippen MR) is 23.0 cm³/mol. The second-order valence-electron chi connectivity index (χ2n) is 1.18. The van der Waals surface area contributed by atoms with Crippen LogP contribution >= 0.6 is 0 Å². The summed E-state index contributed by atoms with van der Waals surface area (Å²) in [6.07, 6.45) is -4.14. The first-order valence-electron chi connectivity index (χ1n) is 1.98. The Morgan fingerprint density at radius 3 is 2.20 bits per heavy atom. The lowest BCUT2D eigenvalue weighted by atomic mass is 10.6. The van der Waals surface area contributed by atoms with Gasteiger partial charge in [0.05, 0.1) is 0 Å². The van der Waals surface area contributed by atoms with E-state index in [0.717, 1.165) is 11.8 Å². The lowest BCUT2D eigenvalue weighted by molar-refractivity contribution is -0.174. The second kappa shape index (κ2) is 3.04. The van der Waals surface area contributed by atoms with Gasteiger partial charge in [-0.1, -0.05) is 0 Å². The summed E-state index contributed by atoms with van der Waals surface area (Å²) in [5.74, 6) is -2.24. The second-order valence-corrected chi connectivity index (χ2v) is 1.18. The van der Waals surface area contributed by atoms with Gasteiger partial charge in [-0.2, -0.15) is 13.2 Å². The molecule has 0 atom stereocenters. The van der Waals surface area contributed by atoms with Crippen LogP contribution in [0.4, 0.5) is 13.2 Å². The summed E-state index contributed by atoms with van der Waals surface area (Å²) in [5.41, 5.74) is 2.26. The van der Waals surface area contributed by atoms with E-state index in [-0.39, 0.29) is 0 Å². The lowest BCUT2D eigenvalue weighted by Crippen LogP contribution is -2.44. The third-order valence-electron chi connectivity index (χ3n) is 0.485. The van der Waals surface area contributed by atoms with Crippen molar-refractivity contribution in [3.8, 4) is 0 Å². The molecule has 1 radical (unpaired) electrons. The van der Waals surface area contributed by atoms with Crippen molar-refractivity contribution in [2.45, 2.75) is 6.18 Å². The van der Waals surface area contributed by atoms with Crippen molar-refractivity contribution in [2.24, 2.45) is 0 Å². The highest BCUT2D eigenvalue weighted by Crippen LogP contribution is 2.13.